The van der Waals surface area contributed by atoms with Gasteiger partial charge in [-0.3, -0.25) is 4.79 Å². The van der Waals surface area contributed by atoms with Gasteiger partial charge < -0.3 is 10.2 Å². The minimum Gasteiger partial charge on any atom is -0.338 e. The van der Waals surface area contributed by atoms with Crippen molar-refractivity contribution in [3.05, 3.63) is 45.9 Å². The lowest BCUT2D eigenvalue weighted by molar-refractivity contribution is 0.0792. The third-order valence-electron chi connectivity index (χ3n) is 4.87. The van der Waals surface area contributed by atoms with E-state index >= 15 is 0 Å². The van der Waals surface area contributed by atoms with Gasteiger partial charge in [0, 0.05) is 23.5 Å². The molecule has 7 heteroatoms. The molecule has 1 aliphatic rings. The fraction of sp³-hybridized carbons (Fsp3) is 0.368. The molecule has 0 saturated carbocycles. The Balaban J connectivity index is 1.66. The molecule has 5 nitrogen and oxygen atoms in total. The van der Waals surface area contributed by atoms with Crippen molar-refractivity contribution in [2.24, 2.45) is 5.92 Å². The number of rotatable bonds is 4. The largest absolute Gasteiger partial charge is 0.338 e. The number of aryl methyl sites for hydroxylation is 1. The molecule has 1 aliphatic heterocycles. The van der Waals surface area contributed by atoms with Crippen LogP contribution in [0.2, 0.25) is 5.02 Å². The van der Waals surface area contributed by atoms with Gasteiger partial charge in [0.1, 0.15) is 4.83 Å². The van der Waals surface area contributed by atoms with Crippen molar-refractivity contribution in [2.75, 3.05) is 26.7 Å². The molecule has 2 aromatic heterocycles. The minimum absolute atomic E-state index is 0.127. The Bertz CT molecular complexity index is 964. The lowest BCUT2D eigenvalue weighted by atomic mass is 10.1. The Labute approximate surface area is 161 Å². The normalized spacial score (nSPS) is 17.3. The van der Waals surface area contributed by atoms with E-state index < -0.39 is 0 Å². The van der Waals surface area contributed by atoms with Gasteiger partial charge in [0.25, 0.3) is 5.91 Å². The summed E-state index contributed by atoms with van der Waals surface area (Å²) in [5, 5.41) is 9.54. The molecule has 1 amide bonds. The number of halogens is 1. The van der Waals surface area contributed by atoms with Gasteiger partial charge in [0.05, 0.1) is 16.3 Å². The third-order valence-corrected chi connectivity index (χ3v) is 6.21. The van der Waals surface area contributed by atoms with Gasteiger partial charge in [-0.05, 0) is 57.1 Å². The molecular weight excluding hydrogens is 368 g/mol. The van der Waals surface area contributed by atoms with Crippen molar-refractivity contribution in [2.45, 2.75) is 13.3 Å². The zero-order valence-electron chi connectivity index (χ0n) is 14.8. The average molecular weight is 389 g/mol. The third kappa shape index (κ3) is 3.13. The summed E-state index contributed by atoms with van der Waals surface area (Å²) >= 11 is 7.64. The molecule has 1 aromatic carbocycles. The van der Waals surface area contributed by atoms with E-state index in [9.17, 15) is 4.79 Å². The van der Waals surface area contributed by atoms with Gasteiger partial charge in [-0.25, -0.2) is 4.68 Å². The molecule has 1 unspecified atom stereocenters. The van der Waals surface area contributed by atoms with Gasteiger partial charge in [0.15, 0.2) is 0 Å². The van der Waals surface area contributed by atoms with Crippen molar-refractivity contribution < 1.29 is 4.79 Å². The maximum Gasteiger partial charge on any atom is 0.264 e. The summed E-state index contributed by atoms with van der Waals surface area (Å²) in [6, 6.07) is 9.60. The van der Waals surface area contributed by atoms with Crippen LogP contribution in [0.1, 0.15) is 21.8 Å². The first-order chi connectivity index (χ1) is 12.6. The van der Waals surface area contributed by atoms with Crippen LogP contribution in [-0.2, 0) is 0 Å². The summed E-state index contributed by atoms with van der Waals surface area (Å²) in [4.78, 5) is 16.7. The van der Waals surface area contributed by atoms with E-state index in [1.807, 2.05) is 53.9 Å². The van der Waals surface area contributed by atoms with Crippen LogP contribution in [0.25, 0.3) is 15.9 Å². The minimum atomic E-state index is 0.127. The Morgan fingerprint density at radius 2 is 2.27 bits per heavy atom. The van der Waals surface area contributed by atoms with Crippen molar-refractivity contribution in [3.8, 4) is 5.69 Å². The van der Waals surface area contributed by atoms with Crippen LogP contribution >= 0.6 is 22.9 Å². The van der Waals surface area contributed by atoms with E-state index in [0.29, 0.717) is 10.9 Å². The Hall–Kier alpha value is -1.89. The molecular formula is C19H21ClN4OS. The fourth-order valence-corrected chi connectivity index (χ4v) is 4.90. The highest BCUT2D eigenvalue weighted by Crippen LogP contribution is 2.32. The van der Waals surface area contributed by atoms with E-state index in [2.05, 4.69) is 10.4 Å². The molecule has 3 heterocycles. The number of nitrogens with one attached hydrogen (secondary N) is 1. The lowest BCUT2D eigenvalue weighted by Crippen LogP contribution is -2.29. The van der Waals surface area contributed by atoms with Gasteiger partial charge in [-0.1, -0.05) is 17.7 Å². The number of amides is 1. The van der Waals surface area contributed by atoms with E-state index in [0.717, 1.165) is 52.5 Å². The Morgan fingerprint density at radius 3 is 3.04 bits per heavy atom. The lowest BCUT2D eigenvalue weighted by Gasteiger charge is -2.15. The smallest absolute Gasteiger partial charge is 0.264 e. The van der Waals surface area contributed by atoms with Gasteiger partial charge in [-0.2, -0.15) is 5.10 Å². The molecule has 0 bridgehead atoms. The molecule has 1 saturated heterocycles. The van der Waals surface area contributed by atoms with E-state index in [1.165, 1.54) is 11.3 Å². The second kappa shape index (κ2) is 7.02. The zero-order valence-corrected chi connectivity index (χ0v) is 16.4. The summed E-state index contributed by atoms with van der Waals surface area (Å²) in [7, 11) is 1.96. The van der Waals surface area contributed by atoms with Crippen molar-refractivity contribution in [1.29, 1.82) is 0 Å². The average Bonchev–Trinajstić information content (AvgIpc) is 3.32. The number of hydrogen-bond donors (Lipinski definition) is 1. The first kappa shape index (κ1) is 17.5. The van der Waals surface area contributed by atoms with E-state index in [1.54, 1.807) is 0 Å². The first-order valence-corrected chi connectivity index (χ1v) is 9.95. The molecule has 0 radical (unpaired) electrons. The van der Waals surface area contributed by atoms with Crippen molar-refractivity contribution in [1.82, 2.24) is 20.0 Å². The van der Waals surface area contributed by atoms with Gasteiger partial charge >= 0.3 is 0 Å². The highest BCUT2D eigenvalue weighted by molar-refractivity contribution is 7.20. The van der Waals surface area contributed by atoms with Crippen LogP contribution in [0.4, 0.5) is 0 Å². The SMILES string of the molecule is CNCC1CCN(C(=O)c2cc3c(C)nn(-c4cccc(Cl)c4)c3s2)C1. The molecule has 1 fully saturated rings. The van der Waals surface area contributed by atoms with Crippen LogP contribution in [0.15, 0.2) is 30.3 Å². The highest BCUT2D eigenvalue weighted by Gasteiger charge is 2.28. The second-order valence-corrected chi connectivity index (χ2v) is 8.24. The first-order valence-electron chi connectivity index (χ1n) is 8.76. The molecule has 3 aromatic rings. The second-order valence-electron chi connectivity index (χ2n) is 6.77. The molecule has 1 N–H and O–H groups in total. The molecule has 0 aliphatic carbocycles. The molecule has 1 atom stereocenters. The van der Waals surface area contributed by atoms with Gasteiger partial charge in [0.2, 0.25) is 0 Å². The topological polar surface area (TPSA) is 50.2 Å². The monoisotopic (exact) mass is 388 g/mol. The van der Waals surface area contributed by atoms with Crippen LogP contribution in [0, 0.1) is 12.8 Å². The number of thiophene rings is 1. The van der Waals surface area contributed by atoms with Gasteiger partial charge in [-0.15, -0.1) is 11.3 Å². The molecule has 26 heavy (non-hydrogen) atoms. The molecule has 136 valence electrons. The number of hydrogen-bond acceptors (Lipinski definition) is 4. The summed E-state index contributed by atoms with van der Waals surface area (Å²) in [5.74, 6) is 0.670. The summed E-state index contributed by atoms with van der Waals surface area (Å²) in [6.45, 7) is 4.59. The molecule has 4 rings (SSSR count). The van der Waals surface area contributed by atoms with Crippen molar-refractivity contribution in [3.63, 3.8) is 0 Å². The maximum atomic E-state index is 12.9. The van der Waals surface area contributed by atoms with E-state index in [-0.39, 0.29) is 5.91 Å². The predicted octanol–water partition coefficient (Wildman–Crippen LogP) is 3.73. The number of carbonyl (C=O) groups is 1. The Kier molecular flexibility index (Phi) is 4.73. The van der Waals surface area contributed by atoms with Crippen LogP contribution in [0.3, 0.4) is 0 Å². The summed E-state index contributed by atoms with van der Waals surface area (Å²) in [6.07, 6.45) is 1.06. The fourth-order valence-electron chi connectivity index (χ4n) is 3.56. The summed E-state index contributed by atoms with van der Waals surface area (Å²) < 4.78 is 1.88. The number of carbonyl (C=O) groups excluding carboxylic acids is 1. The van der Waals surface area contributed by atoms with Crippen LogP contribution in [0.5, 0.6) is 0 Å². The van der Waals surface area contributed by atoms with Crippen LogP contribution < -0.4 is 5.32 Å². The number of benzene rings is 1. The Morgan fingerprint density at radius 1 is 1.42 bits per heavy atom. The van der Waals surface area contributed by atoms with Crippen LogP contribution in [-0.4, -0.2) is 47.3 Å². The number of fused-ring (bicyclic) bond motifs is 1. The van der Waals surface area contributed by atoms with E-state index in [4.69, 9.17) is 11.6 Å². The maximum absolute atomic E-state index is 12.9. The number of aromatic nitrogens is 2. The molecule has 0 spiro atoms. The quantitative estimate of drug-likeness (QED) is 0.740. The highest BCUT2D eigenvalue weighted by atomic mass is 35.5. The summed E-state index contributed by atoms with van der Waals surface area (Å²) in [5.41, 5.74) is 1.83. The standard InChI is InChI=1S/C19H21ClN4OS/c1-12-16-9-17(18(25)23-7-6-13(11-23)10-21-2)26-19(16)24(22-12)15-5-3-4-14(20)8-15/h3-5,8-9,13,21H,6-7,10-11H2,1-2H3. The zero-order chi connectivity index (χ0) is 18.3. The number of likely N-dealkylation sites (tertiary alicyclic amines) is 1. The predicted molar refractivity (Wildman–Crippen MR) is 107 cm³/mol. The number of nitrogens with zero attached hydrogens (tertiary/aromatic N) is 3. The van der Waals surface area contributed by atoms with Crippen molar-refractivity contribution >= 4 is 39.1 Å².